The number of thiophene rings is 2. The van der Waals surface area contributed by atoms with Crippen molar-refractivity contribution < 1.29 is 4.42 Å². The smallest absolute Gasteiger partial charge is 0.0944 e. The first kappa shape index (κ1) is 16.6. The van der Waals surface area contributed by atoms with E-state index in [0.717, 1.165) is 6.42 Å². The molecule has 0 amide bonds. The monoisotopic (exact) mass is 365 g/mol. The summed E-state index contributed by atoms with van der Waals surface area (Å²) in [7, 11) is 0. The van der Waals surface area contributed by atoms with E-state index in [2.05, 4.69) is 73.0 Å². The van der Waals surface area contributed by atoms with Crippen molar-refractivity contribution in [2.24, 2.45) is 0 Å². The molecule has 2 unspecified atom stereocenters. The molecule has 4 rings (SSSR count). The van der Waals surface area contributed by atoms with Gasteiger partial charge in [0.25, 0.3) is 0 Å². The third-order valence-electron chi connectivity index (χ3n) is 5.12. The number of furan rings is 1. The SMILES string of the molecule is C=CCC1(c2cccs2)[C](c2ccsc2)C1(C=C(C)C)c1ccoc1. The number of rotatable bonds is 6. The van der Waals surface area contributed by atoms with E-state index in [1.165, 1.54) is 27.5 Å². The van der Waals surface area contributed by atoms with E-state index in [1.54, 1.807) is 17.6 Å². The summed E-state index contributed by atoms with van der Waals surface area (Å²) in [5.74, 6) is 1.46. The Balaban J connectivity index is 2.02. The highest BCUT2D eigenvalue weighted by Crippen LogP contribution is 2.77. The van der Waals surface area contributed by atoms with Crippen molar-refractivity contribution >= 4 is 22.7 Å². The molecule has 1 aliphatic rings. The lowest BCUT2D eigenvalue weighted by atomic mass is 9.83. The van der Waals surface area contributed by atoms with E-state index >= 15 is 0 Å². The molecular weight excluding hydrogens is 344 g/mol. The zero-order valence-corrected chi connectivity index (χ0v) is 16.1. The topological polar surface area (TPSA) is 13.1 Å². The van der Waals surface area contributed by atoms with Crippen LogP contribution < -0.4 is 0 Å². The predicted molar refractivity (Wildman–Crippen MR) is 107 cm³/mol. The number of allylic oxidation sites excluding steroid dienone is 3. The normalized spacial score (nSPS) is 25.7. The average molecular weight is 366 g/mol. The highest BCUT2D eigenvalue weighted by atomic mass is 32.1. The van der Waals surface area contributed by atoms with Gasteiger partial charge < -0.3 is 4.42 Å². The van der Waals surface area contributed by atoms with Crippen LogP contribution in [0.15, 0.2) is 81.7 Å². The zero-order chi connectivity index (χ0) is 17.5. The van der Waals surface area contributed by atoms with Crippen LogP contribution in [-0.4, -0.2) is 0 Å². The Bertz CT molecular complexity index is 867. The zero-order valence-electron chi connectivity index (χ0n) is 14.5. The van der Waals surface area contributed by atoms with E-state index in [4.69, 9.17) is 4.42 Å². The lowest BCUT2D eigenvalue weighted by Gasteiger charge is -2.21. The van der Waals surface area contributed by atoms with Crippen LogP contribution in [-0.2, 0) is 10.8 Å². The van der Waals surface area contributed by atoms with Crippen LogP contribution in [0.25, 0.3) is 0 Å². The van der Waals surface area contributed by atoms with E-state index in [1.807, 2.05) is 17.6 Å². The van der Waals surface area contributed by atoms with Crippen LogP contribution in [0.1, 0.15) is 36.3 Å². The van der Waals surface area contributed by atoms with Crippen molar-refractivity contribution in [1.82, 2.24) is 0 Å². The fourth-order valence-electron chi connectivity index (χ4n) is 4.37. The molecule has 1 radical (unpaired) electrons. The number of hydrogen-bond acceptors (Lipinski definition) is 3. The van der Waals surface area contributed by atoms with Gasteiger partial charge in [-0.05, 0) is 60.2 Å². The molecule has 1 fully saturated rings. The second kappa shape index (κ2) is 6.15. The lowest BCUT2D eigenvalue weighted by Crippen LogP contribution is -2.19. The van der Waals surface area contributed by atoms with Gasteiger partial charge in [0.05, 0.1) is 12.5 Å². The second-order valence-electron chi connectivity index (χ2n) is 6.80. The van der Waals surface area contributed by atoms with Gasteiger partial charge in [0, 0.05) is 27.2 Å². The van der Waals surface area contributed by atoms with Gasteiger partial charge in [0.2, 0.25) is 0 Å². The molecule has 0 saturated heterocycles. The Morgan fingerprint density at radius 2 is 2.12 bits per heavy atom. The molecule has 0 N–H and O–H groups in total. The molecule has 0 bridgehead atoms. The Morgan fingerprint density at radius 1 is 1.24 bits per heavy atom. The van der Waals surface area contributed by atoms with Crippen LogP contribution in [0.2, 0.25) is 0 Å². The summed E-state index contributed by atoms with van der Waals surface area (Å²) < 4.78 is 5.51. The van der Waals surface area contributed by atoms with Gasteiger partial charge in [0.1, 0.15) is 0 Å². The third kappa shape index (κ3) is 2.26. The molecule has 3 aromatic heterocycles. The quantitative estimate of drug-likeness (QED) is 0.440. The van der Waals surface area contributed by atoms with Gasteiger partial charge in [-0.15, -0.1) is 17.9 Å². The molecule has 1 aliphatic carbocycles. The summed E-state index contributed by atoms with van der Waals surface area (Å²) in [5, 5.41) is 6.60. The maximum Gasteiger partial charge on any atom is 0.0944 e. The fraction of sp³-hybridized carbons (Fsp3) is 0.227. The summed E-state index contributed by atoms with van der Waals surface area (Å²) in [6.07, 6.45) is 9.09. The standard InChI is InChI=1S/C22H21OS2/c1-4-9-21(19-6-5-11-25-19)20(17-8-12-24-15-17)22(21,13-16(2)3)18-7-10-23-14-18/h4-8,10-15H,1,9H2,2-3H3. The van der Waals surface area contributed by atoms with Crippen molar-refractivity contribution in [1.29, 1.82) is 0 Å². The van der Waals surface area contributed by atoms with E-state index in [-0.39, 0.29) is 10.8 Å². The first-order chi connectivity index (χ1) is 12.2. The summed E-state index contributed by atoms with van der Waals surface area (Å²) in [5.41, 5.74) is 3.63. The van der Waals surface area contributed by atoms with E-state index in [0.29, 0.717) is 0 Å². The minimum atomic E-state index is -0.168. The molecule has 3 heteroatoms. The molecule has 25 heavy (non-hydrogen) atoms. The van der Waals surface area contributed by atoms with Crippen LogP contribution in [0.3, 0.4) is 0 Å². The first-order valence-electron chi connectivity index (χ1n) is 8.41. The minimum Gasteiger partial charge on any atom is -0.472 e. The van der Waals surface area contributed by atoms with Gasteiger partial charge in [0.15, 0.2) is 0 Å². The molecule has 0 spiro atoms. The average Bonchev–Trinajstić information content (AvgIpc) is 3.23. The summed E-state index contributed by atoms with van der Waals surface area (Å²) in [4.78, 5) is 1.40. The van der Waals surface area contributed by atoms with Crippen LogP contribution in [0.4, 0.5) is 0 Å². The van der Waals surface area contributed by atoms with Crippen molar-refractivity contribution in [3.63, 3.8) is 0 Å². The van der Waals surface area contributed by atoms with Gasteiger partial charge >= 0.3 is 0 Å². The largest absolute Gasteiger partial charge is 0.472 e. The van der Waals surface area contributed by atoms with E-state index < -0.39 is 0 Å². The molecule has 3 aromatic rings. The molecule has 2 atom stereocenters. The molecular formula is C22H21OS2. The lowest BCUT2D eigenvalue weighted by molar-refractivity contribution is 0.554. The Hall–Kier alpha value is -1.84. The van der Waals surface area contributed by atoms with Crippen molar-refractivity contribution in [2.45, 2.75) is 31.1 Å². The highest BCUT2D eigenvalue weighted by Gasteiger charge is 2.77. The summed E-state index contributed by atoms with van der Waals surface area (Å²) >= 11 is 3.59. The summed E-state index contributed by atoms with van der Waals surface area (Å²) in [6.45, 7) is 8.45. The molecule has 0 aliphatic heterocycles. The molecule has 0 aromatic carbocycles. The van der Waals surface area contributed by atoms with E-state index in [9.17, 15) is 0 Å². The van der Waals surface area contributed by atoms with Crippen molar-refractivity contribution in [2.75, 3.05) is 0 Å². The van der Waals surface area contributed by atoms with Gasteiger partial charge in [-0.3, -0.25) is 0 Å². The van der Waals surface area contributed by atoms with Crippen LogP contribution in [0, 0.1) is 5.92 Å². The Morgan fingerprint density at radius 3 is 2.68 bits per heavy atom. The van der Waals surface area contributed by atoms with Crippen LogP contribution in [0.5, 0.6) is 0 Å². The predicted octanol–water partition coefficient (Wildman–Crippen LogP) is 6.76. The molecule has 1 saturated carbocycles. The Kier molecular flexibility index (Phi) is 4.09. The molecule has 1 nitrogen and oxygen atoms in total. The highest BCUT2D eigenvalue weighted by molar-refractivity contribution is 7.10. The fourth-order valence-corrected chi connectivity index (χ4v) is 6.03. The van der Waals surface area contributed by atoms with Crippen molar-refractivity contribution in [3.05, 3.63) is 99.2 Å². The van der Waals surface area contributed by atoms with Gasteiger partial charge in [-0.2, -0.15) is 11.3 Å². The maximum atomic E-state index is 5.51. The van der Waals surface area contributed by atoms with Gasteiger partial charge in [-0.25, -0.2) is 0 Å². The number of hydrogen-bond donors (Lipinski definition) is 0. The third-order valence-corrected chi connectivity index (χ3v) is 6.83. The second-order valence-corrected chi connectivity index (χ2v) is 8.53. The first-order valence-corrected chi connectivity index (χ1v) is 10.2. The molecule has 3 heterocycles. The minimum absolute atomic E-state index is 0.0782. The summed E-state index contributed by atoms with van der Waals surface area (Å²) in [6, 6.07) is 8.77. The van der Waals surface area contributed by atoms with Gasteiger partial charge in [-0.1, -0.05) is 23.8 Å². The molecule has 127 valence electrons. The Labute approximate surface area is 157 Å². The van der Waals surface area contributed by atoms with Crippen LogP contribution >= 0.6 is 22.7 Å². The maximum absolute atomic E-state index is 5.51. The van der Waals surface area contributed by atoms with Crippen molar-refractivity contribution in [3.8, 4) is 0 Å².